The lowest BCUT2D eigenvalue weighted by atomic mass is 10.1. The first kappa shape index (κ1) is 14.4. The van der Waals surface area contributed by atoms with E-state index in [4.69, 9.17) is 0 Å². The van der Waals surface area contributed by atoms with Gasteiger partial charge in [0.05, 0.1) is 4.92 Å². The molecular weight excluding hydrogens is 235 g/mol. The highest BCUT2D eigenvalue weighted by Gasteiger charge is 2.16. The number of hydrogen-bond donors (Lipinski definition) is 1. The molecule has 0 aliphatic heterocycles. The van der Waals surface area contributed by atoms with E-state index in [-0.39, 0.29) is 17.4 Å². The molecular formula is C13H19FN2O2. The number of rotatable bonds is 7. The summed E-state index contributed by atoms with van der Waals surface area (Å²) in [6, 6.07) is 3.64. The van der Waals surface area contributed by atoms with Crippen molar-refractivity contribution in [3.8, 4) is 0 Å². The highest BCUT2D eigenvalue weighted by Crippen LogP contribution is 2.26. The maximum Gasteiger partial charge on any atom is 0.292 e. The number of nitro benzene ring substituents is 1. The summed E-state index contributed by atoms with van der Waals surface area (Å²) in [5.74, 6) is -0.464. The van der Waals surface area contributed by atoms with Gasteiger partial charge < -0.3 is 5.32 Å². The second-order valence-electron chi connectivity index (χ2n) is 4.31. The van der Waals surface area contributed by atoms with Crippen LogP contribution >= 0.6 is 0 Å². The van der Waals surface area contributed by atoms with E-state index in [1.54, 1.807) is 0 Å². The maximum atomic E-state index is 13.2. The van der Waals surface area contributed by atoms with Crippen LogP contribution in [0.1, 0.15) is 39.5 Å². The van der Waals surface area contributed by atoms with Gasteiger partial charge in [-0.15, -0.1) is 0 Å². The lowest BCUT2D eigenvalue weighted by Gasteiger charge is -2.17. The fraction of sp³-hybridized carbons (Fsp3) is 0.538. The fourth-order valence-corrected chi connectivity index (χ4v) is 1.83. The molecule has 0 bridgehead atoms. The molecule has 0 fully saturated rings. The number of nitro groups is 1. The summed E-state index contributed by atoms with van der Waals surface area (Å²) in [7, 11) is 0. The smallest absolute Gasteiger partial charge is 0.292 e. The van der Waals surface area contributed by atoms with Gasteiger partial charge >= 0.3 is 0 Å². The first-order chi connectivity index (χ1) is 8.58. The van der Waals surface area contributed by atoms with Crippen molar-refractivity contribution in [2.75, 3.05) is 5.32 Å². The Kier molecular flexibility index (Phi) is 5.55. The maximum absolute atomic E-state index is 13.2. The number of halogens is 1. The van der Waals surface area contributed by atoms with Crippen molar-refractivity contribution in [1.82, 2.24) is 0 Å². The average molecular weight is 254 g/mol. The molecule has 1 unspecified atom stereocenters. The minimum atomic E-state index is -0.492. The summed E-state index contributed by atoms with van der Waals surface area (Å²) in [6.45, 7) is 4.11. The van der Waals surface area contributed by atoms with E-state index in [9.17, 15) is 14.5 Å². The molecule has 1 rings (SSSR count). The van der Waals surface area contributed by atoms with Crippen LogP contribution in [0.25, 0.3) is 0 Å². The molecule has 0 amide bonds. The molecule has 18 heavy (non-hydrogen) atoms. The molecule has 0 radical (unpaired) electrons. The molecule has 0 aliphatic rings. The van der Waals surface area contributed by atoms with Gasteiger partial charge in [0.25, 0.3) is 5.69 Å². The van der Waals surface area contributed by atoms with Gasteiger partial charge in [-0.1, -0.05) is 26.7 Å². The van der Waals surface area contributed by atoms with E-state index in [1.165, 1.54) is 12.1 Å². The number of anilines is 1. The number of hydrogen-bond acceptors (Lipinski definition) is 3. The molecule has 100 valence electrons. The third-order valence-corrected chi connectivity index (χ3v) is 2.91. The molecule has 4 nitrogen and oxygen atoms in total. The number of nitrogens with one attached hydrogen (secondary N) is 1. The molecule has 0 heterocycles. The zero-order valence-electron chi connectivity index (χ0n) is 10.8. The van der Waals surface area contributed by atoms with E-state index >= 15 is 0 Å². The lowest BCUT2D eigenvalue weighted by Crippen LogP contribution is -2.19. The highest BCUT2D eigenvalue weighted by molar-refractivity contribution is 5.61. The highest BCUT2D eigenvalue weighted by atomic mass is 19.1. The van der Waals surface area contributed by atoms with Crippen LogP contribution in [-0.4, -0.2) is 11.0 Å². The molecule has 0 saturated carbocycles. The molecule has 0 aliphatic carbocycles. The van der Waals surface area contributed by atoms with Gasteiger partial charge in [-0.2, -0.15) is 0 Å². The molecule has 0 spiro atoms. The fourth-order valence-electron chi connectivity index (χ4n) is 1.83. The van der Waals surface area contributed by atoms with Crippen LogP contribution in [0, 0.1) is 15.9 Å². The van der Waals surface area contributed by atoms with E-state index < -0.39 is 10.7 Å². The topological polar surface area (TPSA) is 55.2 Å². The Morgan fingerprint density at radius 2 is 2.17 bits per heavy atom. The first-order valence-corrected chi connectivity index (χ1v) is 6.29. The molecule has 1 aromatic rings. The molecule has 5 heteroatoms. The number of unbranched alkanes of at least 4 members (excludes halogenated alkanes) is 1. The Bertz CT molecular complexity index is 410. The zero-order valence-corrected chi connectivity index (χ0v) is 10.8. The standard InChI is InChI=1S/C13H19FN2O2/c1-3-5-6-11(4-2)15-12-9-10(14)7-8-13(12)16(17)18/h7-9,11,15H,3-6H2,1-2H3. The van der Waals surface area contributed by atoms with Crippen LogP contribution in [0.4, 0.5) is 15.8 Å². The summed E-state index contributed by atoms with van der Waals surface area (Å²) in [5, 5.41) is 13.9. The first-order valence-electron chi connectivity index (χ1n) is 6.29. The molecule has 1 aromatic carbocycles. The second kappa shape index (κ2) is 6.93. The monoisotopic (exact) mass is 254 g/mol. The Hall–Kier alpha value is -1.65. The van der Waals surface area contributed by atoms with Crippen molar-refractivity contribution in [3.63, 3.8) is 0 Å². The molecule has 0 saturated heterocycles. The normalized spacial score (nSPS) is 12.2. The van der Waals surface area contributed by atoms with E-state index in [0.29, 0.717) is 0 Å². The minimum Gasteiger partial charge on any atom is -0.377 e. The van der Waals surface area contributed by atoms with Gasteiger partial charge in [0.15, 0.2) is 0 Å². The Morgan fingerprint density at radius 1 is 1.44 bits per heavy atom. The van der Waals surface area contributed by atoms with Gasteiger partial charge in [-0.3, -0.25) is 10.1 Å². The predicted molar refractivity (Wildman–Crippen MR) is 70.3 cm³/mol. The van der Waals surface area contributed by atoms with E-state index in [0.717, 1.165) is 31.7 Å². The quantitative estimate of drug-likeness (QED) is 0.588. The lowest BCUT2D eigenvalue weighted by molar-refractivity contribution is -0.384. The minimum absolute atomic E-state index is 0.0775. The van der Waals surface area contributed by atoms with E-state index in [2.05, 4.69) is 12.2 Å². The molecule has 0 aromatic heterocycles. The molecule has 1 N–H and O–H groups in total. The summed E-state index contributed by atoms with van der Waals surface area (Å²) in [5.41, 5.74) is 0.189. The van der Waals surface area contributed by atoms with Crippen molar-refractivity contribution < 1.29 is 9.31 Å². The summed E-state index contributed by atoms with van der Waals surface area (Å²) in [6.07, 6.45) is 3.91. The predicted octanol–water partition coefficient (Wildman–Crippen LogP) is 4.11. The van der Waals surface area contributed by atoms with Crippen LogP contribution in [0.15, 0.2) is 18.2 Å². The van der Waals surface area contributed by atoms with Gasteiger partial charge in [0.1, 0.15) is 11.5 Å². The average Bonchev–Trinajstić information content (AvgIpc) is 2.34. The number of benzene rings is 1. The van der Waals surface area contributed by atoms with Crippen LogP contribution in [0.2, 0.25) is 0 Å². The van der Waals surface area contributed by atoms with Crippen LogP contribution < -0.4 is 5.32 Å². The van der Waals surface area contributed by atoms with Crippen molar-refractivity contribution in [1.29, 1.82) is 0 Å². The number of nitrogens with zero attached hydrogens (tertiary/aromatic N) is 1. The summed E-state index contributed by atoms with van der Waals surface area (Å²) >= 11 is 0. The molecule has 1 atom stereocenters. The van der Waals surface area contributed by atoms with Crippen molar-refractivity contribution in [2.45, 2.75) is 45.6 Å². The van der Waals surface area contributed by atoms with Crippen LogP contribution in [-0.2, 0) is 0 Å². The zero-order chi connectivity index (χ0) is 13.5. The summed E-state index contributed by atoms with van der Waals surface area (Å²) in [4.78, 5) is 10.4. The Balaban J connectivity index is 2.86. The van der Waals surface area contributed by atoms with Crippen molar-refractivity contribution >= 4 is 11.4 Å². The van der Waals surface area contributed by atoms with Gasteiger partial charge in [0.2, 0.25) is 0 Å². The Labute approximate surface area is 106 Å². The van der Waals surface area contributed by atoms with E-state index in [1.807, 2.05) is 6.92 Å². The van der Waals surface area contributed by atoms with Gasteiger partial charge in [0, 0.05) is 18.2 Å². The summed E-state index contributed by atoms with van der Waals surface area (Å²) < 4.78 is 13.2. The van der Waals surface area contributed by atoms with Crippen molar-refractivity contribution in [2.24, 2.45) is 0 Å². The Morgan fingerprint density at radius 3 is 2.72 bits per heavy atom. The van der Waals surface area contributed by atoms with Crippen LogP contribution in [0.5, 0.6) is 0 Å². The second-order valence-corrected chi connectivity index (χ2v) is 4.31. The SMILES string of the molecule is CCCCC(CC)Nc1cc(F)ccc1[N+](=O)[O-]. The third-order valence-electron chi connectivity index (χ3n) is 2.91. The van der Waals surface area contributed by atoms with Crippen LogP contribution in [0.3, 0.4) is 0 Å². The third kappa shape index (κ3) is 3.98. The largest absolute Gasteiger partial charge is 0.377 e. The van der Waals surface area contributed by atoms with Gasteiger partial charge in [-0.05, 0) is 18.9 Å². The van der Waals surface area contributed by atoms with Gasteiger partial charge in [-0.25, -0.2) is 4.39 Å². The van der Waals surface area contributed by atoms with Crippen molar-refractivity contribution in [3.05, 3.63) is 34.1 Å².